The molecule has 2 rings (SSSR count). The summed E-state index contributed by atoms with van der Waals surface area (Å²) in [6.07, 6.45) is 0.910. The summed E-state index contributed by atoms with van der Waals surface area (Å²) >= 11 is 0. The van der Waals surface area contributed by atoms with Crippen LogP contribution in [0.3, 0.4) is 0 Å². The molecule has 0 fully saturated rings. The van der Waals surface area contributed by atoms with Gasteiger partial charge in [-0.25, -0.2) is 0 Å². The average Bonchev–Trinajstić information content (AvgIpc) is 2.75. The van der Waals surface area contributed by atoms with Crippen LogP contribution in [0.1, 0.15) is 24.6 Å². The number of nitrogens with zero attached hydrogens (tertiary/aromatic N) is 2. The zero-order valence-electron chi connectivity index (χ0n) is 8.95. The maximum absolute atomic E-state index is 10.1. The number of rotatable bonds is 3. The molecule has 0 radical (unpaired) electrons. The lowest BCUT2D eigenvalue weighted by Crippen LogP contribution is -2.42. The molecule has 16 heavy (non-hydrogen) atoms. The first kappa shape index (κ1) is 10.6. The molecule has 3 N–H and O–H groups in total. The topological polar surface area (TPSA) is 76.2 Å². The predicted molar refractivity (Wildman–Crippen MR) is 57.2 cm³/mol. The number of aliphatic hydroxyl groups excluding tert-OH is 1. The van der Waals surface area contributed by atoms with Crippen molar-refractivity contribution in [1.82, 2.24) is 5.27 Å². The molecule has 1 aromatic heterocycles. The van der Waals surface area contributed by atoms with Crippen LogP contribution in [0.4, 0.5) is 5.88 Å². The van der Waals surface area contributed by atoms with Crippen molar-refractivity contribution in [3.8, 4) is 0 Å². The van der Waals surface area contributed by atoms with E-state index in [9.17, 15) is 5.11 Å². The molecule has 0 spiro atoms. The van der Waals surface area contributed by atoms with Crippen LogP contribution in [0.25, 0.3) is 0 Å². The van der Waals surface area contributed by atoms with E-state index >= 15 is 0 Å². The Morgan fingerprint density at radius 3 is 2.62 bits per heavy atom. The van der Waals surface area contributed by atoms with Crippen LogP contribution >= 0.6 is 0 Å². The third-order valence-corrected chi connectivity index (χ3v) is 2.52. The van der Waals surface area contributed by atoms with E-state index in [0.717, 1.165) is 5.56 Å². The summed E-state index contributed by atoms with van der Waals surface area (Å²) in [4.78, 5) is 0. The molecule has 0 aliphatic rings. The summed E-state index contributed by atoms with van der Waals surface area (Å²) in [5.41, 5.74) is 6.26. The third kappa shape index (κ3) is 2.04. The Morgan fingerprint density at radius 2 is 2.06 bits per heavy atom. The van der Waals surface area contributed by atoms with Crippen molar-refractivity contribution < 1.29 is 14.3 Å². The Morgan fingerprint density at radius 1 is 1.38 bits per heavy atom. The van der Waals surface area contributed by atoms with Gasteiger partial charge < -0.3 is 10.8 Å². The van der Waals surface area contributed by atoms with E-state index in [2.05, 4.69) is 5.27 Å². The van der Waals surface area contributed by atoms with Gasteiger partial charge in [-0.15, -0.1) is 0 Å². The number of benzene rings is 1. The number of hydrogen-bond acceptors (Lipinski definition) is 4. The van der Waals surface area contributed by atoms with Crippen LogP contribution in [0.2, 0.25) is 0 Å². The molecule has 84 valence electrons. The first-order valence-electron chi connectivity index (χ1n) is 5.05. The van der Waals surface area contributed by atoms with Gasteiger partial charge in [-0.05, 0) is 10.2 Å². The molecular formula is C11H14N3O2+. The second-order valence-electron chi connectivity index (χ2n) is 3.68. The van der Waals surface area contributed by atoms with Gasteiger partial charge in [-0.1, -0.05) is 30.3 Å². The van der Waals surface area contributed by atoms with E-state index in [4.69, 9.17) is 10.3 Å². The molecular weight excluding hydrogens is 206 g/mol. The molecule has 0 saturated carbocycles. The van der Waals surface area contributed by atoms with Crippen LogP contribution in [0.5, 0.6) is 0 Å². The number of nitrogens with two attached hydrogens (primary N) is 1. The van der Waals surface area contributed by atoms with Crippen molar-refractivity contribution in [2.24, 2.45) is 0 Å². The van der Waals surface area contributed by atoms with E-state index in [1.807, 2.05) is 37.3 Å². The molecule has 2 atom stereocenters. The largest absolute Gasteiger partial charge is 0.381 e. The Labute approximate surface area is 93.1 Å². The van der Waals surface area contributed by atoms with Gasteiger partial charge in [0.1, 0.15) is 6.10 Å². The van der Waals surface area contributed by atoms with Crippen LogP contribution in [-0.4, -0.2) is 10.4 Å². The van der Waals surface area contributed by atoms with E-state index in [1.54, 1.807) is 6.20 Å². The van der Waals surface area contributed by atoms with Crippen LogP contribution in [-0.2, 0) is 0 Å². The van der Waals surface area contributed by atoms with Gasteiger partial charge in [0.25, 0.3) is 12.1 Å². The zero-order chi connectivity index (χ0) is 11.5. The smallest absolute Gasteiger partial charge is 0.293 e. The molecule has 0 bridgehead atoms. The van der Waals surface area contributed by atoms with Crippen molar-refractivity contribution in [2.75, 3.05) is 5.73 Å². The van der Waals surface area contributed by atoms with Crippen molar-refractivity contribution >= 4 is 5.88 Å². The molecule has 5 nitrogen and oxygen atoms in total. The summed E-state index contributed by atoms with van der Waals surface area (Å²) in [7, 11) is 0. The van der Waals surface area contributed by atoms with Crippen LogP contribution in [0, 0.1) is 0 Å². The van der Waals surface area contributed by atoms with Gasteiger partial charge in [-0.2, -0.15) is 0 Å². The second-order valence-corrected chi connectivity index (χ2v) is 3.68. The number of anilines is 1. The summed E-state index contributed by atoms with van der Waals surface area (Å²) in [5.74, 6) is 0.229. The monoisotopic (exact) mass is 220 g/mol. The Kier molecular flexibility index (Phi) is 2.87. The Bertz CT molecular complexity index is 455. The quantitative estimate of drug-likeness (QED) is 0.751. The van der Waals surface area contributed by atoms with Crippen molar-refractivity contribution in [2.45, 2.75) is 19.1 Å². The fourth-order valence-electron chi connectivity index (χ4n) is 1.54. The normalized spacial score (nSPS) is 14.6. The van der Waals surface area contributed by atoms with Gasteiger partial charge in [0.15, 0.2) is 0 Å². The highest BCUT2D eigenvalue weighted by Gasteiger charge is 2.27. The minimum absolute atomic E-state index is 0.229. The number of aromatic nitrogens is 2. The second kappa shape index (κ2) is 4.32. The summed E-state index contributed by atoms with van der Waals surface area (Å²) < 4.78 is 6.26. The maximum Gasteiger partial charge on any atom is 0.293 e. The molecule has 0 saturated heterocycles. The Balaban J connectivity index is 2.19. The third-order valence-electron chi connectivity index (χ3n) is 2.52. The molecule has 0 aliphatic heterocycles. The number of aliphatic hydroxyl groups is 1. The van der Waals surface area contributed by atoms with E-state index in [1.165, 1.54) is 4.68 Å². The summed E-state index contributed by atoms with van der Waals surface area (Å²) in [6, 6.07) is 9.17. The van der Waals surface area contributed by atoms with Crippen molar-refractivity contribution in [1.29, 1.82) is 0 Å². The summed E-state index contributed by atoms with van der Waals surface area (Å²) in [5, 5.41) is 13.8. The van der Waals surface area contributed by atoms with E-state index in [0.29, 0.717) is 0 Å². The molecule has 5 heteroatoms. The van der Waals surface area contributed by atoms with Gasteiger partial charge >= 0.3 is 0 Å². The molecule has 0 aliphatic carbocycles. The van der Waals surface area contributed by atoms with E-state index in [-0.39, 0.29) is 11.9 Å². The minimum Gasteiger partial charge on any atom is -0.381 e. The highest BCUT2D eigenvalue weighted by Crippen LogP contribution is 2.21. The van der Waals surface area contributed by atoms with Gasteiger partial charge in [0.2, 0.25) is 11.3 Å². The number of hydrogen-bond donors (Lipinski definition) is 2. The number of nitrogen functional groups attached to an aromatic ring is 1. The molecule has 1 heterocycles. The predicted octanol–water partition coefficient (Wildman–Crippen LogP) is 0.839. The standard InChI is InChI=1S/C11H14N3O2/c1-8(14-7-10(12)16-13-14)11(15)9-5-3-2-4-6-9/h2-8,11,15H,12H2,1H3/q+1. The highest BCUT2D eigenvalue weighted by atomic mass is 16.5. The fourth-order valence-corrected chi connectivity index (χ4v) is 1.54. The summed E-state index contributed by atoms with van der Waals surface area (Å²) in [6.45, 7) is 1.85. The molecule has 2 unspecified atom stereocenters. The van der Waals surface area contributed by atoms with Gasteiger partial charge in [0, 0.05) is 6.92 Å². The minimum atomic E-state index is -0.643. The molecule has 2 aromatic rings. The van der Waals surface area contributed by atoms with Crippen LogP contribution in [0.15, 0.2) is 41.1 Å². The molecule has 1 aromatic carbocycles. The van der Waals surface area contributed by atoms with Crippen LogP contribution < -0.4 is 10.4 Å². The SMILES string of the molecule is CC(C(O)c1ccccc1)[n+]1cc(N)on1. The van der Waals surface area contributed by atoms with Crippen molar-refractivity contribution in [3.05, 3.63) is 42.1 Å². The fraction of sp³-hybridized carbons (Fsp3) is 0.273. The first-order valence-corrected chi connectivity index (χ1v) is 5.05. The van der Waals surface area contributed by atoms with Gasteiger partial charge in [-0.3, -0.25) is 4.52 Å². The van der Waals surface area contributed by atoms with Crippen molar-refractivity contribution in [3.63, 3.8) is 0 Å². The lowest BCUT2D eigenvalue weighted by molar-refractivity contribution is -0.789. The Hall–Kier alpha value is -1.88. The average molecular weight is 220 g/mol. The lowest BCUT2D eigenvalue weighted by Gasteiger charge is -2.11. The van der Waals surface area contributed by atoms with E-state index < -0.39 is 6.10 Å². The van der Waals surface area contributed by atoms with Gasteiger partial charge in [0.05, 0.1) is 0 Å². The molecule has 0 amide bonds. The first-order chi connectivity index (χ1) is 7.68. The maximum atomic E-state index is 10.1. The highest BCUT2D eigenvalue weighted by molar-refractivity contribution is 5.17. The lowest BCUT2D eigenvalue weighted by atomic mass is 10.0. The zero-order valence-corrected chi connectivity index (χ0v) is 8.95.